The Morgan fingerprint density at radius 1 is 1.07 bits per heavy atom. The van der Waals surface area contributed by atoms with Crippen LogP contribution in [-0.2, 0) is 11.3 Å². The van der Waals surface area contributed by atoms with Gasteiger partial charge in [-0.1, -0.05) is 38.1 Å². The van der Waals surface area contributed by atoms with E-state index < -0.39 is 6.04 Å². The van der Waals surface area contributed by atoms with E-state index in [1.807, 2.05) is 57.2 Å². The van der Waals surface area contributed by atoms with E-state index in [4.69, 9.17) is 9.47 Å². The van der Waals surface area contributed by atoms with Gasteiger partial charge in [0.1, 0.15) is 6.04 Å². The lowest BCUT2D eigenvalue weighted by Gasteiger charge is -2.22. The Labute approximate surface area is 158 Å². The minimum absolute atomic E-state index is 0.0466. The van der Waals surface area contributed by atoms with Crippen molar-refractivity contribution < 1.29 is 19.1 Å². The van der Waals surface area contributed by atoms with Crippen LogP contribution in [0.2, 0.25) is 0 Å². The van der Waals surface area contributed by atoms with Gasteiger partial charge < -0.3 is 20.1 Å². The summed E-state index contributed by atoms with van der Waals surface area (Å²) in [6.45, 7) is 6.25. The van der Waals surface area contributed by atoms with E-state index in [0.29, 0.717) is 23.6 Å². The Kier molecular flexibility index (Phi) is 5.64. The molecule has 0 radical (unpaired) electrons. The van der Waals surface area contributed by atoms with E-state index in [9.17, 15) is 9.59 Å². The number of aryl methyl sites for hydroxylation is 1. The minimum atomic E-state index is -0.619. The first-order chi connectivity index (χ1) is 13.0. The first-order valence-electron chi connectivity index (χ1n) is 8.98. The molecule has 0 bridgehead atoms. The number of rotatable bonds is 6. The molecule has 1 atom stereocenters. The number of fused-ring (bicyclic) bond motifs is 1. The summed E-state index contributed by atoms with van der Waals surface area (Å²) in [5.74, 6) is 0.870. The molecule has 0 spiro atoms. The zero-order chi connectivity index (χ0) is 19.4. The van der Waals surface area contributed by atoms with Crippen LogP contribution < -0.4 is 20.1 Å². The van der Waals surface area contributed by atoms with Crippen LogP contribution in [0.1, 0.15) is 35.3 Å². The summed E-state index contributed by atoms with van der Waals surface area (Å²) < 4.78 is 10.6. The molecule has 0 saturated heterocycles. The van der Waals surface area contributed by atoms with Crippen LogP contribution in [0.4, 0.5) is 0 Å². The van der Waals surface area contributed by atoms with Crippen molar-refractivity contribution in [3.8, 4) is 11.5 Å². The molecule has 2 N–H and O–H groups in total. The van der Waals surface area contributed by atoms with Crippen LogP contribution in [0.3, 0.4) is 0 Å². The molecule has 6 nitrogen and oxygen atoms in total. The van der Waals surface area contributed by atoms with Crippen molar-refractivity contribution >= 4 is 11.8 Å². The summed E-state index contributed by atoms with van der Waals surface area (Å²) in [4.78, 5) is 25.2. The van der Waals surface area contributed by atoms with Crippen molar-refractivity contribution in [2.75, 3.05) is 6.79 Å². The Hall–Kier alpha value is -3.02. The molecule has 6 heteroatoms. The molecule has 0 fully saturated rings. The van der Waals surface area contributed by atoms with E-state index >= 15 is 0 Å². The lowest BCUT2D eigenvalue weighted by molar-refractivity contribution is -0.124. The van der Waals surface area contributed by atoms with Gasteiger partial charge in [-0.15, -0.1) is 0 Å². The third-order valence-corrected chi connectivity index (χ3v) is 4.53. The zero-order valence-corrected chi connectivity index (χ0v) is 15.7. The predicted molar refractivity (Wildman–Crippen MR) is 102 cm³/mol. The van der Waals surface area contributed by atoms with Gasteiger partial charge in [0.2, 0.25) is 12.7 Å². The van der Waals surface area contributed by atoms with E-state index in [2.05, 4.69) is 10.6 Å². The number of carbonyl (C=O) groups is 2. The minimum Gasteiger partial charge on any atom is -0.454 e. The SMILES string of the molecule is Cc1ccccc1C(=O)N[C@@H](C(=O)NCc1ccc2c(c1)OCO2)C(C)C. The smallest absolute Gasteiger partial charge is 0.252 e. The van der Waals surface area contributed by atoms with Crippen molar-refractivity contribution in [3.63, 3.8) is 0 Å². The number of carbonyl (C=O) groups excluding carboxylic acids is 2. The summed E-state index contributed by atoms with van der Waals surface area (Å²) in [6.07, 6.45) is 0. The average molecular weight is 368 g/mol. The monoisotopic (exact) mass is 368 g/mol. The molecule has 2 amide bonds. The number of hydrogen-bond acceptors (Lipinski definition) is 4. The lowest BCUT2D eigenvalue weighted by atomic mass is 10.0. The third-order valence-electron chi connectivity index (χ3n) is 4.53. The molecule has 0 saturated carbocycles. The van der Waals surface area contributed by atoms with Crippen molar-refractivity contribution in [3.05, 3.63) is 59.2 Å². The van der Waals surface area contributed by atoms with Gasteiger partial charge in [0, 0.05) is 12.1 Å². The zero-order valence-electron chi connectivity index (χ0n) is 15.7. The fourth-order valence-corrected chi connectivity index (χ4v) is 2.93. The van der Waals surface area contributed by atoms with Gasteiger partial charge in [-0.2, -0.15) is 0 Å². The molecule has 1 aliphatic rings. The first kappa shape index (κ1) is 18.8. The Morgan fingerprint density at radius 2 is 1.81 bits per heavy atom. The molecule has 1 aliphatic heterocycles. The molecule has 0 unspecified atom stereocenters. The maximum absolute atomic E-state index is 12.7. The highest BCUT2D eigenvalue weighted by molar-refractivity contribution is 5.98. The fourth-order valence-electron chi connectivity index (χ4n) is 2.93. The van der Waals surface area contributed by atoms with Gasteiger partial charge >= 0.3 is 0 Å². The van der Waals surface area contributed by atoms with E-state index in [1.54, 1.807) is 6.07 Å². The average Bonchev–Trinajstić information content (AvgIpc) is 3.12. The largest absolute Gasteiger partial charge is 0.454 e. The second kappa shape index (κ2) is 8.12. The van der Waals surface area contributed by atoms with Gasteiger partial charge in [-0.05, 0) is 42.2 Å². The topological polar surface area (TPSA) is 76.7 Å². The first-order valence-corrected chi connectivity index (χ1v) is 8.98. The molecule has 27 heavy (non-hydrogen) atoms. The second-order valence-corrected chi connectivity index (χ2v) is 6.92. The summed E-state index contributed by atoms with van der Waals surface area (Å²) in [5, 5.41) is 5.75. The third kappa shape index (κ3) is 4.39. The van der Waals surface area contributed by atoms with Gasteiger partial charge in [0.05, 0.1) is 0 Å². The van der Waals surface area contributed by atoms with Crippen LogP contribution in [0, 0.1) is 12.8 Å². The van der Waals surface area contributed by atoms with E-state index in [-0.39, 0.29) is 24.5 Å². The van der Waals surface area contributed by atoms with E-state index in [0.717, 1.165) is 11.1 Å². The number of ether oxygens (including phenoxy) is 2. The Morgan fingerprint density at radius 3 is 2.56 bits per heavy atom. The Balaban J connectivity index is 1.63. The predicted octanol–water partition coefficient (Wildman–Crippen LogP) is 2.79. The number of benzene rings is 2. The summed E-state index contributed by atoms with van der Waals surface area (Å²) in [6, 6.07) is 12.3. The van der Waals surface area contributed by atoms with Crippen molar-refractivity contribution in [1.82, 2.24) is 10.6 Å². The van der Waals surface area contributed by atoms with Gasteiger partial charge in [-0.3, -0.25) is 9.59 Å². The maximum atomic E-state index is 12.7. The second-order valence-electron chi connectivity index (χ2n) is 6.92. The van der Waals surface area contributed by atoms with Crippen molar-refractivity contribution in [1.29, 1.82) is 0 Å². The van der Waals surface area contributed by atoms with Crippen LogP contribution in [0.25, 0.3) is 0 Å². The van der Waals surface area contributed by atoms with Crippen LogP contribution in [0.5, 0.6) is 11.5 Å². The molecule has 0 aliphatic carbocycles. The van der Waals surface area contributed by atoms with Gasteiger partial charge in [0.25, 0.3) is 5.91 Å². The van der Waals surface area contributed by atoms with Gasteiger partial charge in [-0.25, -0.2) is 0 Å². The van der Waals surface area contributed by atoms with Crippen molar-refractivity contribution in [2.45, 2.75) is 33.4 Å². The highest BCUT2D eigenvalue weighted by Gasteiger charge is 2.25. The molecule has 2 aromatic carbocycles. The number of hydrogen-bond donors (Lipinski definition) is 2. The standard InChI is InChI=1S/C21H24N2O4/c1-13(2)19(23-20(24)16-7-5-4-6-14(16)3)21(25)22-11-15-8-9-17-18(10-15)27-12-26-17/h4-10,13,19H,11-12H2,1-3H3,(H,22,25)(H,23,24)/t19-/m1/s1. The maximum Gasteiger partial charge on any atom is 0.252 e. The molecule has 3 rings (SSSR count). The molecular formula is C21H24N2O4. The summed E-state index contributed by atoms with van der Waals surface area (Å²) in [7, 11) is 0. The highest BCUT2D eigenvalue weighted by atomic mass is 16.7. The quantitative estimate of drug-likeness (QED) is 0.822. The summed E-state index contributed by atoms with van der Waals surface area (Å²) in [5.41, 5.74) is 2.35. The molecule has 142 valence electrons. The molecule has 2 aromatic rings. The van der Waals surface area contributed by atoms with Crippen LogP contribution in [0.15, 0.2) is 42.5 Å². The van der Waals surface area contributed by atoms with Crippen LogP contribution >= 0.6 is 0 Å². The lowest BCUT2D eigenvalue weighted by Crippen LogP contribution is -2.49. The fraction of sp³-hybridized carbons (Fsp3) is 0.333. The van der Waals surface area contributed by atoms with Crippen molar-refractivity contribution in [2.24, 2.45) is 5.92 Å². The molecular weight excluding hydrogens is 344 g/mol. The summed E-state index contributed by atoms with van der Waals surface area (Å²) >= 11 is 0. The van der Waals surface area contributed by atoms with Crippen LogP contribution in [-0.4, -0.2) is 24.6 Å². The Bertz CT molecular complexity index is 848. The molecule has 1 heterocycles. The van der Waals surface area contributed by atoms with E-state index in [1.165, 1.54) is 0 Å². The number of amides is 2. The normalized spacial score (nSPS) is 13.3. The number of nitrogens with one attached hydrogen (secondary N) is 2. The van der Waals surface area contributed by atoms with Gasteiger partial charge in [0.15, 0.2) is 11.5 Å². The highest BCUT2D eigenvalue weighted by Crippen LogP contribution is 2.32. The molecule has 0 aromatic heterocycles.